The smallest absolute Gasteiger partial charge is 0.331 e. The van der Waals surface area contributed by atoms with Gasteiger partial charge >= 0.3 is 6.03 Å². The molecule has 0 saturated carbocycles. The number of carbonyl (C=O) groups excluding carboxylic acids is 2. The molecule has 0 fully saturated rings. The molecule has 0 spiro atoms. The number of nitrogens with zero attached hydrogens (tertiary/aromatic N) is 2. The second-order valence-electron chi connectivity index (χ2n) is 4.23. The molecular formula is C14H16N4O2. The van der Waals surface area contributed by atoms with Crippen LogP contribution in [0, 0.1) is 0 Å². The SMILES string of the molecule is CCNC(=O)Cc1ccc(NC(=O)n2ccnc2)cc1. The molecule has 2 amide bonds. The number of carbonyl (C=O) groups is 2. The lowest BCUT2D eigenvalue weighted by atomic mass is 10.1. The number of likely N-dealkylation sites (N-methyl/N-ethyl adjacent to an activating group) is 1. The van der Waals surface area contributed by atoms with E-state index in [-0.39, 0.29) is 11.9 Å². The Bertz CT molecular complexity index is 576. The van der Waals surface area contributed by atoms with Crippen molar-refractivity contribution in [2.45, 2.75) is 13.3 Å². The first-order chi connectivity index (χ1) is 9.69. The van der Waals surface area contributed by atoms with Gasteiger partial charge in [-0.2, -0.15) is 0 Å². The highest BCUT2D eigenvalue weighted by molar-refractivity contribution is 5.90. The predicted octanol–water partition coefficient (Wildman–Crippen LogP) is 1.64. The molecule has 104 valence electrons. The molecule has 1 aromatic carbocycles. The number of imidazole rings is 1. The van der Waals surface area contributed by atoms with Crippen molar-refractivity contribution in [3.05, 3.63) is 48.5 Å². The quantitative estimate of drug-likeness (QED) is 0.888. The molecule has 2 N–H and O–H groups in total. The average molecular weight is 272 g/mol. The summed E-state index contributed by atoms with van der Waals surface area (Å²) in [4.78, 5) is 27.0. The maximum absolute atomic E-state index is 11.8. The van der Waals surface area contributed by atoms with Crippen LogP contribution in [0.3, 0.4) is 0 Å². The van der Waals surface area contributed by atoms with Gasteiger partial charge in [-0.25, -0.2) is 9.78 Å². The molecule has 0 bridgehead atoms. The van der Waals surface area contributed by atoms with Gasteiger partial charge in [0.2, 0.25) is 5.91 Å². The molecule has 0 aliphatic rings. The average Bonchev–Trinajstić information content (AvgIpc) is 2.95. The Labute approximate surface area is 116 Å². The van der Waals surface area contributed by atoms with E-state index >= 15 is 0 Å². The van der Waals surface area contributed by atoms with E-state index in [0.29, 0.717) is 18.7 Å². The fourth-order valence-corrected chi connectivity index (χ4v) is 1.72. The zero-order chi connectivity index (χ0) is 14.4. The highest BCUT2D eigenvalue weighted by atomic mass is 16.2. The number of rotatable bonds is 4. The standard InChI is InChI=1S/C14H16N4O2/c1-2-16-13(19)9-11-3-5-12(6-4-11)17-14(20)18-8-7-15-10-18/h3-8,10H,2,9H2,1H3,(H,16,19)(H,17,20). The lowest BCUT2D eigenvalue weighted by Gasteiger charge is -2.07. The summed E-state index contributed by atoms with van der Waals surface area (Å²) in [5.41, 5.74) is 1.57. The monoisotopic (exact) mass is 272 g/mol. The minimum atomic E-state index is -0.279. The van der Waals surface area contributed by atoms with Crippen LogP contribution in [0.15, 0.2) is 43.0 Å². The molecule has 2 aromatic rings. The summed E-state index contributed by atoms with van der Waals surface area (Å²) in [6.07, 6.45) is 4.87. The van der Waals surface area contributed by atoms with Crippen molar-refractivity contribution in [3.63, 3.8) is 0 Å². The van der Waals surface area contributed by atoms with Crippen LogP contribution >= 0.6 is 0 Å². The third-order valence-electron chi connectivity index (χ3n) is 2.68. The maximum atomic E-state index is 11.8. The van der Waals surface area contributed by atoms with Crippen molar-refractivity contribution in [2.24, 2.45) is 0 Å². The number of amides is 2. The first-order valence-electron chi connectivity index (χ1n) is 6.34. The van der Waals surface area contributed by atoms with Crippen molar-refractivity contribution in [1.82, 2.24) is 14.9 Å². The largest absolute Gasteiger partial charge is 0.356 e. The van der Waals surface area contributed by atoms with Gasteiger partial charge in [0.1, 0.15) is 6.33 Å². The number of benzene rings is 1. The van der Waals surface area contributed by atoms with Crippen LogP contribution < -0.4 is 10.6 Å². The van der Waals surface area contributed by atoms with Crippen molar-refractivity contribution in [2.75, 3.05) is 11.9 Å². The second kappa shape index (κ2) is 6.51. The van der Waals surface area contributed by atoms with Gasteiger partial charge < -0.3 is 10.6 Å². The summed E-state index contributed by atoms with van der Waals surface area (Å²) >= 11 is 0. The van der Waals surface area contributed by atoms with Crippen LogP contribution in [0.25, 0.3) is 0 Å². The van der Waals surface area contributed by atoms with E-state index in [2.05, 4.69) is 15.6 Å². The topological polar surface area (TPSA) is 76.0 Å². The highest BCUT2D eigenvalue weighted by Crippen LogP contribution is 2.10. The van der Waals surface area contributed by atoms with Crippen LogP contribution in [0.1, 0.15) is 12.5 Å². The van der Waals surface area contributed by atoms with Crippen LogP contribution in [0.2, 0.25) is 0 Å². The van der Waals surface area contributed by atoms with Gasteiger partial charge in [-0.05, 0) is 24.6 Å². The Balaban J connectivity index is 1.95. The van der Waals surface area contributed by atoms with E-state index in [1.54, 1.807) is 18.3 Å². The minimum absolute atomic E-state index is 0.0114. The molecule has 1 aromatic heterocycles. The zero-order valence-corrected chi connectivity index (χ0v) is 11.2. The minimum Gasteiger partial charge on any atom is -0.356 e. The molecule has 6 nitrogen and oxygen atoms in total. The Kier molecular flexibility index (Phi) is 4.49. The van der Waals surface area contributed by atoms with Gasteiger partial charge in [-0.1, -0.05) is 12.1 Å². The molecule has 0 unspecified atom stereocenters. The third kappa shape index (κ3) is 3.68. The lowest BCUT2D eigenvalue weighted by Crippen LogP contribution is -2.24. The van der Waals surface area contributed by atoms with Crippen molar-refractivity contribution in [1.29, 1.82) is 0 Å². The Morgan fingerprint density at radius 2 is 2.00 bits per heavy atom. The summed E-state index contributed by atoms with van der Waals surface area (Å²) in [5.74, 6) is -0.0114. The Hall–Kier alpha value is -2.63. The summed E-state index contributed by atoms with van der Waals surface area (Å²) in [5, 5.41) is 5.47. The van der Waals surface area contributed by atoms with Crippen LogP contribution in [-0.4, -0.2) is 28.0 Å². The number of aromatic nitrogens is 2. The van der Waals surface area contributed by atoms with Gasteiger partial charge in [0.15, 0.2) is 0 Å². The van der Waals surface area contributed by atoms with Crippen molar-refractivity contribution in [3.8, 4) is 0 Å². The lowest BCUT2D eigenvalue weighted by molar-refractivity contribution is -0.120. The van der Waals surface area contributed by atoms with E-state index in [1.807, 2.05) is 19.1 Å². The van der Waals surface area contributed by atoms with Gasteiger partial charge in [0.25, 0.3) is 0 Å². The maximum Gasteiger partial charge on any atom is 0.331 e. The van der Waals surface area contributed by atoms with Crippen LogP contribution in [0.4, 0.5) is 10.5 Å². The molecule has 1 heterocycles. The van der Waals surface area contributed by atoms with E-state index in [9.17, 15) is 9.59 Å². The van der Waals surface area contributed by atoms with E-state index < -0.39 is 0 Å². The highest BCUT2D eigenvalue weighted by Gasteiger charge is 2.05. The number of anilines is 1. The molecule has 20 heavy (non-hydrogen) atoms. The predicted molar refractivity (Wildman–Crippen MR) is 75.5 cm³/mol. The second-order valence-corrected chi connectivity index (χ2v) is 4.23. The fourth-order valence-electron chi connectivity index (χ4n) is 1.72. The normalized spacial score (nSPS) is 10.1. The van der Waals surface area contributed by atoms with E-state index in [0.717, 1.165) is 5.56 Å². The zero-order valence-electron chi connectivity index (χ0n) is 11.2. The van der Waals surface area contributed by atoms with Crippen LogP contribution in [-0.2, 0) is 11.2 Å². The van der Waals surface area contributed by atoms with Crippen molar-refractivity contribution >= 4 is 17.6 Å². The van der Waals surface area contributed by atoms with E-state index in [1.165, 1.54) is 17.1 Å². The molecule has 0 atom stereocenters. The van der Waals surface area contributed by atoms with Gasteiger partial charge in [-0.15, -0.1) is 0 Å². The first kappa shape index (κ1) is 13.8. The molecule has 0 aliphatic heterocycles. The number of nitrogens with one attached hydrogen (secondary N) is 2. The van der Waals surface area contributed by atoms with Crippen LogP contribution in [0.5, 0.6) is 0 Å². The summed E-state index contributed by atoms with van der Waals surface area (Å²) < 4.78 is 1.35. The molecular weight excluding hydrogens is 256 g/mol. The van der Waals surface area contributed by atoms with Gasteiger partial charge in [0.05, 0.1) is 6.42 Å². The molecule has 0 radical (unpaired) electrons. The molecule has 2 rings (SSSR count). The fraction of sp³-hybridized carbons (Fsp3) is 0.214. The van der Waals surface area contributed by atoms with E-state index in [4.69, 9.17) is 0 Å². The van der Waals surface area contributed by atoms with Gasteiger partial charge in [-0.3, -0.25) is 9.36 Å². The number of hydrogen-bond acceptors (Lipinski definition) is 3. The van der Waals surface area contributed by atoms with Crippen molar-refractivity contribution < 1.29 is 9.59 Å². The summed E-state index contributed by atoms with van der Waals surface area (Å²) in [6, 6.07) is 6.89. The summed E-state index contributed by atoms with van der Waals surface area (Å²) in [7, 11) is 0. The molecule has 0 saturated heterocycles. The Morgan fingerprint density at radius 3 is 2.60 bits per heavy atom. The molecule has 0 aliphatic carbocycles. The Morgan fingerprint density at radius 1 is 1.25 bits per heavy atom. The number of hydrogen-bond donors (Lipinski definition) is 2. The summed E-state index contributed by atoms with van der Waals surface area (Å²) in [6.45, 7) is 2.50. The van der Waals surface area contributed by atoms with Gasteiger partial charge in [0, 0.05) is 24.6 Å². The molecule has 6 heteroatoms. The first-order valence-corrected chi connectivity index (χ1v) is 6.34. The third-order valence-corrected chi connectivity index (χ3v) is 2.68.